The molecule has 1 aliphatic carbocycles. The van der Waals surface area contributed by atoms with E-state index in [0.717, 1.165) is 60.6 Å². The molecule has 4 aromatic rings. The molecule has 69 heavy (non-hydrogen) atoms. The number of hydrogen-bond donors (Lipinski definition) is 6. The highest BCUT2D eigenvalue weighted by Gasteiger charge is 2.21. The van der Waals surface area contributed by atoms with Crippen LogP contribution in [0.1, 0.15) is 24.0 Å². The number of carboxylic acids is 1. The zero-order valence-corrected chi connectivity index (χ0v) is 40.8. The van der Waals surface area contributed by atoms with Crippen LogP contribution in [0, 0.1) is 6.92 Å². The van der Waals surface area contributed by atoms with Gasteiger partial charge in [-0.3, -0.25) is 38.9 Å². The van der Waals surface area contributed by atoms with E-state index in [4.69, 9.17) is 31.2 Å². The molecule has 0 saturated carbocycles. The van der Waals surface area contributed by atoms with E-state index in [9.17, 15) is 29.1 Å². The molecule has 6 rings (SSSR count). The molecule has 15 nitrogen and oxygen atoms in total. The summed E-state index contributed by atoms with van der Waals surface area (Å²) in [6, 6.07) is 33.0. The lowest BCUT2D eigenvalue weighted by Crippen LogP contribution is -2.44. The zero-order chi connectivity index (χ0) is 49.1. The summed E-state index contributed by atoms with van der Waals surface area (Å²) in [7, 11) is 0. The third-order valence-electron chi connectivity index (χ3n) is 10.8. The van der Waals surface area contributed by atoms with Gasteiger partial charge in [0, 0.05) is 82.8 Å². The number of ether oxygens (including phenoxy) is 2. The van der Waals surface area contributed by atoms with Crippen LogP contribution in [0.25, 0.3) is 33.4 Å². The Morgan fingerprint density at radius 3 is 2.14 bits per heavy atom. The average molecular weight is 993 g/mol. The monoisotopic (exact) mass is 992 g/mol. The molecule has 0 spiro atoms. The first kappa shape index (κ1) is 52.4. The predicted octanol–water partition coefficient (Wildman–Crippen LogP) is 6.94. The SMILES string of the molecule is Cc1ccc2c(-c3ccc(NC(=S)NCCOCCOCCCC(=O)CN(CCN(CC(=O)O)CC(=O)Nc4ccc(SN)cc4)CC(=O)Cc4ccc(S)cc4)cc3)c3ccc(=O)cc-3oc2c1. The second-order valence-corrected chi connectivity index (χ2v) is 18.0. The number of nitrogens with zero attached hydrogens (tertiary/aromatic N) is 2. The highest BCUT2D eigenvalue weighted by Crippen LogP contribution is 2.40. The van der Waals surface area contributed by atoms with Gasteiger partial charge in [-0.1, -0.05) is 36.4 Å². The quantitative estimate of drug-likeness (QED) is 0.0102. The van der Waals surface area contributed by atoms with Crippen molar-refractivity contribution in [1.29, 1.82) is 0 Å². The number of aryl methyl sites for hydroxylation is 1. The first-order valence-corrected chi connectivity index (χ1v) is 24.1. The number of carboxylic acid groups (broad SMARTS) is 1. The van der Waals surface area contributed by atoms with Gasteiger partial charge in [0.2, 0.25) is 5.91 Å². The molecule has 0 saturated heterocycles. The molecule has 18 heteroatoms. The molecular weight excluding hydrogens is 937 g/mol. The van der Waals surface area contributed by atoms with Crippen molar-refractivity contribution in [1.82, 2.24) is 15.1 Å². The number of hydrogen-bond acceptors (Lipinski definition) is 14. The molecule has 1 heterocycles. The number of Topliss-reactive ketones (excluding diaryl/α,β-unsaturated/α-hetero) is 2. The maximum Gasteiger partial charge on any atom is 0.317 e. The highest BCUT2D eigenvalue weighted by molar-refractivity contribution is 7.97. The number of thiol groups is 1. The van der Waals surface area contributed by atoms with Gasteiger partial charge in [-0.15, -0.1) is 12.6 Å². The largest absolute Gasteiger partial charge is 0.480 e. The van der Waals surface area contributed by atoms with Crippen LogP contribution in [0.2, 0.25) is 0 Å². The van der Waals surface area contributed by atoms with Crippen molar-refractivity contribution >= 4 is 87.7 Å². The fourth-order valence-corrected chi connectivity index (χ4v) is 8.17. The molecule has 0 unspecified atom stereocenters. The van der Waals surface area contributed by atoms with Crippen molar-refractivity contribution in [2.24, 2.45) is 5.14 Å². The van der Waals surface area contributed by atoms with Crippen LogP contribution in [0.4, 0.5) is 11.4 Å². The van der Waals surface area contributed by atoms with Gasteiger partial charge in [0.05, 0.1) is 46.0 Å². The number of fused-ring (bicyclic) bond motifs is 2. The Hall–Kier alpha value is -5.96. The first-order chi connectivity index (χ1) is 33.3. The van der Waals surface area contributed by atoms with Gasteiger partial charge in [0.25, 0.3) is 0 Å². The van der Waals surface area contributed by atoms with Crippen molar-refractivity contribution < 1.29 is 38.2 Å². The molecular formula is C51H56N6O9S3. The molecule has 1 amide bonds. The van der Waals surface area contributed by atoms with E-state index < -0.39 is 18.4 Å². The molecule has 0 fully saturated rings. The normalized spacial score (nSPS) is 11.3. The van der Waals surface area contributed by atoms with Crippen molar-refractivity contribution in [2.45, 2.75) is 36.0 Å². The number of benzene rings is 5. The third kappa shape index (κ3) is 17.2. The minimum atomic E-state index is -1.11. The number of amides is 1. The Labute approximate surface area is 416 Å². The van der Waals surface area contributed by atoms with E-state index in [1.165, 1.54) is 11.0 Å². The molecule has 0 aromatic heterocycles. The summed E-state index contributed by atoms with van der Waals surface area (Å²) >= 11 is 10.9. The molecule has 0 bridgehead atoms. The smallest absolute Gasteiger partial charge is 0.317 e. The minimum absolute atomic E-state index is 0.0255. The maximum atomic E-state index is 13.2. The molecule has 0 radical (unpaired) electrons. The predicted molar refractivity (Wildman–Crippen MR) is 277 cm³/mol. The lowest BCUT2D eigenvalue weighted by molar-refractivity contribution is -0.139. The molecule has 2 aliphatic rings. The fraction of sp³-hybridized carbons (Fsp3) is 0.294. The lowest BCUT2D eigenvalue weighted by Gasteiger charge is -2.26. The van der Waals surface area contributed by atoms with Crippen LogP contribution in [-0.4, -0.2) is 116 Å². The van der Waals surface area contributed by atoms with Gasteiger partial charge in [-0.05, 0) is 121 Å². The molecule has 6 N–H and O–H groups in total. The van der Waals surface area contributed by atoms with Crippen LogP contribution in [0.15, 0.2) is 128 Å². The summed E-state index contributed by atoms with van der Waals surface area (Å²) in [5.41, 5.74) is 6.61. The topological polar surface area (TPSA) is 206 Å². The average Bonchev–Trinajstić information content (AvgIpc) is 3.31. The van der Waals surface area contributed by atoms with Crippen LogP contribution in [0.5, 0.6) is 0 Å². The summed E-state index contributed by atoms with van der Waals surface area (Å²) in [6.07, 6.45) is 0.835. The maximum absolute atomic E-state index is 13.2. The Balaban J connectivity index is 0.890. The second-order valence-electron chi connectivity index (χ2n) is 16.3. The number of thiocarbonyl (C=S) groups is 1. The van der Waals surface area contributed by atoms with E-state index in [1.54, 1.807) is 53.4 Å². The summed E-state index contributed by atoms with van der Waals surface area (Å²) in [6.45, 7) is 3.51. The lowest BCUT2D eigenvalue weighted by atomic mass is 9.93. The standard InChI is InChI=1S/C51H56N6O9S3/c1-34-4-18-44-46(27-34)66-47-29-39(58)13-19-45(47)50(44)36-7-9-38(10-8-36)55-51(68)53-20-24-65-26-25-64-23-2-3-40(59)30-56(31-41(60)28-35-5-14-42(67)15-6-35)21-22-57(33-49(62)63)32-48(61)54-37-11-16-43(69-52)17-12-37/h4-19,27,29,67H,2-3,20-26,28,30-33,52H2,1H3,(H,54,61)(H,62,63)(H2,53,55,68). The van der Waals surface area contributed by atoms with Crippen molar-refractivity contribution in [3.63, 3.8) is 0 Å². The Morgan fingerprint density at radius 2 is 1.43 bits per heavy atom. The van der Waals surface area contributed by atoms with Crippen LogP contribution < -0.4 is 26.5 Å². The van der Waals surface area contributed by atoms with Crippen molar-refractivity contribution in [3.8, 4) is 22.5 Å². The highest BCUT2D eigenvalue weighted by atomic mass is 32.2. The van der Waals surface area contributed by atoms with E-state index in [2.05, 4.69) is 28.6 Å². The van der Waals surface area contributed by atoms with E-state index in [0.29, 0.717) is 61.5 Å². The number of carbonyl (C=O) groups is 4. The number of anilines is 2. The van der Waals surface area contributed by atoms with Gasteiger partial charge in [0.15, 0.2) is 16.3 Å². The molecule has 362 valence electrons. The number of ketones is 2. The summed E-state index contributed by atoms with van der Waals surface area (Å²) in [4.78, 5) is 67.9. The second kappa shape index (κ2) is 26.7. The van der Waals surface area contributed by atoms with E-state index in [-0.39, 0.29) is 62.6 Å². The number of nitrogens with one attached hydrogen (secondary N) is 3. The zero-order valence-electron chi connectivity index (χ0n) is 38.2. The Morgan fingerprint density at radius 1 is 0.768 bits per heavy atom. The minimum Gasteiger partial charge on any atom is -0.480 e. The third-order valence-corrected chi connectivity index (χ3v) is 11.9. The molecule has 4 aromatic carbocycles. The van der Waals surface area contributed by atoms with E-state index >= 15 is 0 Å². The fourth-order valence-electron chi connectivity index (χ4n) is 7.51. The number of rotatable bonds is 27. The number of aliphatic carboxylic acids is 1. The van der Waals surface area contributed by atoms with Crippen LogP contribution in [0.3, 0.4) is 0 Å². The Bertz CT molecular complexity index is 2720. The number of carbonyl (C=O) groups excluding carboxylic acids is 3. The van der Waals surface area contributed by atoms with Crippen molar-refractivity contribution in [3.05, 3.63) is 131 Å². The Kier molecular flexibility index (Phi) is 20.3. The summed E-state index contributed by atoms with van der Waals surface area (Å²) in [5.74, 6) is -1.19. The van der Waals surface area contributed by atoms with Gasteiger partial charge in [-0.25, -0.2) is 0 Å². The summed E-state index contributed by atoms with van der Waals surface area (Å²) < 4.78 is 17.5. The molecule has 0 atom stereocenters. The summed E-state index contributed by atoms with van der Waals surface area (Å²) in [5, 5.41) is 25.7. The van der Waals surface area contributed by atoms with Gasteiger partial charge >= 0.3 is 5.97 Å². The van der Waals surface area contributed by atoms with E-state index in [1.807, 2.05) is 61.5 Å². The van der Waals surface area contributed by atoms with Crippen LogP contribution in [-0.2, 0) is 35.1 Å². The van der Waals surface area contributed by atoms with Gasteiger partial charge < -0.3 is 34.9 Å². The van der Waals surface area contributed by atoms with Gasteiger partial charge in [0.1, 0.15) is 17.1 Å². The molecule has 1 aliphatic heterocycles. The first-order valence-electron chi connectivity index (χ1n) is 22.3. The van der Waals surface area contributed by atoms with Crippen molar-refractivity contribution in [2.75, 3.05) is 82.9 Å². The van der Waals surface area contributed by atoms with Crippen LogP contribution >= 0.6 is 36.8 Å². The number of nitrogens with two attached hydrogens (primary N) is 1. The van der Waals surface area contributed by atoms with Gasteiger partial charge in [-0.2, -0.15) is 0 Å².